The number of pyridine rings is 1. The third-order valence-electron chi connectivity index (χ3n) is 3.40. The molecule has 1 aromatic rings. The standard InChI is InChI=1S/C13H22N4O/c1-3-17-8-4-5-10(9-17)15-13-11(14)6-7-12(16-13)18-2/h6-7,10H,3-5,8-9,14H2,1-2H3,(H,15,16). The second kappa shape index (κ2) is 5.91. The van der Waals surface area contributed by atoms with Gasteiger partial charge in [-0.1, -0.05) is 6.92 Å². The number of piperidine rings is 1. The highest BCUT2D eigenvalue weighted by Crippen LogP contribution is 2.22. The van der Waals surface area contributed by atoms with Gasteiger partial charge in [-0.25, -0.2) is 0 Å². The lowest BCUT2D eigenvalue weighted by Crippen LogP contribution is -2.42. The number of nitrogen functional groups attached to an aromatic ring is 1. The monoisotopic (exact) mass is 250 g/mol. The van der Waals surface area contributed by atoms with E-state index in [9.17, 15) is 0 Å². The zero-order valence-corrected chi connectivity index (χ0v) is 11.1. The average Bonchev–Trinajstić information content (AvgIpc) is 2.41. The van der Waals surface area contributed by atoms with Crippen LogP contribution >= 0.6 is 0 Å². The van der Waals surface area contributed by atoms with Gasteiger partial charge in [-0.05, 0) is 32.0 Å². The molecule has 0 saturated carbocycles. The summed E-state index contributed by atoms with van der Waals surface area (Å²) in [6, 6.07) is 4.02. The number of hydrogen-bond acceptors (Lipinski definition) is 5. The van der Waals surface area contributed by atoms with E-state index in [2.05, 4.69) is 22.1 Å². The van der Waals surface area contributed by atoms with E-state index in [1.54, 1.807) is 13.2 Å². The molecule has 5 nitrogen and oxygen atoms in total. The Hall–Kier alpha value is -1.49. The van der Waals surface area contributed by atoms with Crippen LogP contribution in [0, 0.1) is 0 Å². The van der Waals surface area contributed by atoms with Crippen LogP contribution in [-0.2, 0) is 0 Å². The Morgan fingerprint density at radius 1 is 1.56 bits per heavy atom. The minimum atomic E-state index is 0.417. The fourth-order valence-electron chi connectivity index (χ4n) is 2.34. The predicted molar refractivity (Wildman–Crippen MR) is 74.0 cm³/mol. The van der Waals surface area contributed by atoms with Crippen molar-refractivity contribution in [3.8, 4) is 5.88 Å². The van der Waals surface area contributed by atoms with Gasteiger partial charge in [0, 0.05) is 18.7 Å². The fraction of sp³-hybridized carbons (Fsp3) is 0.615. The minimum Gasteiger partial charge on any atom is -0.481 e. The van der Waals surface area contributed by atoms with Crippen LogP contribution in [0.4, 0.5) is 11.5 Å². The molecule has 18 heavy (non-hydrogen) atoms. The lowest BCUT2D eigenvalue weighted by Gasteiger charge is -2.32. The molecule has 5 heteroatoms. The Kier molecular flexibility index (Phi) is 4.25. The number of nitrogens with zero attached hydrogens (tertiary/aromatic N) is 2. The van der Waals surface area contributed by atoms with Gasteiger partial charge in [-0.15, -0.1) is 0 Å². The second-order valence-electron chi connectivity index (χ2n) is 4.67. The topological polar surface area (TPSA) is 63.4 Å². The zero-order valence-electron chi connectivity index (χ0n) is 11.1. The van der Waals surface area contributed by atoms with Gasteiger partial charge < -0.3 is 20.7 Å². The fourth-order valence-corrected chi connectivity index (χ4v) is 2.34. The van der Waals surface area contributed by atoms with E-state index in [1.807, 2.05) is 6.07 Å². The third-order valence-corrected chi connectivity index (χ3v) is 3.40. The molecule has 0 amide bonds. The molecule has 0 radical (unpaired) electrons. The maximum atomic E-state index is 5.93. The molecule has 0 spiro atoms. The molecule has 1 fully saturated rings. The number of rotatable bonds is 4. The molecule has 2 rings (SSSR count). The second-order valence-corrected chi connectivity index (χ2v) is 4.67. The summed E-state index contributed by atoms with van der Waals surface area (Å²) >= 11 is 0. The van der Waals surface area contributed by atoms with Crippen molar-refractivity contribution >= 4 is 11.5 Å². The van der Waals surface area contributed by atoms with Crippen molar-refractivity contribution in [3.63, 3.8) is 0 Å². The van der Waals surface area contributed by atoms with Gasteiger partial charge in [0.15, 0.2) is 5.82 Å². The van der Waals surface area contributed by atoms with E-state index in [4.69, 9.17) is 10.5 Å². The summed E-state index contributed by atoms with van der Waals surface area (Å²) < 4.78 is 5.12. The molecule has 1 saturated heterocycles. The highest BCUT2D eigenvalue weighted by molar-refractivity contribution is 5.62. The third kappa shape index (κ3) is 3.04. The van der Waals surface area contributed by atoms with Crippen LogP contribution in [0.15, 0.2) is 12.1 Å². The van der Waals surface area contributed by atoms with Crippen molar-refractivity contribution in [1.82, 2.24) is 9.88 Å². The van der Waals surface area contributed by atoms with Crippen molar-refractivity contribution in [1.29, 1.82) is 0 Å². The van der Waals surface area contributed by atoms with Gasteiger partial charge in [0.05, 0.1) is 12.8 Å². The van der Waals surface area contributed by atoms with Gasteiger partial charge in [0.1, 0.15) is 0 Å². The summed E-state index contributed by atoms with van der Waals surface area (Å²) in [6.07, 6.45) is 2.38. The molecule has 0 bridgehead atoms. The van der Waals surface area contributed by atoms with Crippen LogP contribution in [0.5, 0.6) is 5.88 Å². The number of hydrogen-bond donors (Lipinski definition) is 2. The highest BCUT2D eigenvalue weighted by atomic mass is 16.5. The molecule has 1 unspecified atom stereocenters. The van der Waals surface area contributed by atoms with E-state index < -0.39 is 0 Å². The van der Waals surface area contributed by atoms with Gasteiger partial charge in [-0.3, -0.25) is 0 Å². The van der Waals surface area contributed by atoms with Crippen LogP contribution in [0.25, 0.3) is 0 Å². The number of aromatic nitrogens is 1. The van der Waals surface area contributed by atoms with Crippen molar-refractivity contribution in [2.75, 3.05) is 37.8 Å². The summed E-state index contributed by atoms with van der Waals surface area (Å²) in [5.41, 5.74) is 6.61. The first-order valence-electron chi connectivity index (χ1n) is 6.52. The smallest absolute Gasteiger partial charge is 0.215 e. The number of likely N-dealkylation sites (tertiary alicyclic amines) is 1. The summed E-state index contributed by atoms with van der Waals surface area (Å²) in [5.74, 6) is 1.33. The molecule has 1 aliphatic heterocycles. The largest absolute Gasteiger partial charge is 0.481 e. The van der Waals surface area contributed by atoms with Crippen LogP contribution < -0.4 is 15.8 Å². The van der Waals surface area contributed by atoms with E-state index in [-0.39, 0.29) is 0 Å². The number of nitrogens with one attached hydrogen (secondary N) is 1. The average molecular weight is 250 g/mol. The first-order chi connectivity index (χ1) is 8.72. The molecule has 1 aliphatic rings. The number of methoxy groups -OCH3 is 1. The van der Waals surface area contributed by atoms with Gasteiger partial charge >= 0.3 is 0 Å². The quantitative estimate of drug-likeness (QED) is 0.849. The zero-order chi connectivity index (χ0) is 13.0. The Bertz CT molecular complexity index is 397. The molecular weight excluding hydrogens is 228 g/mol. The van der Waals surface area contributed by atoms with Crippen LogP contribution in [0.1, 0.15) is 19.8 Å². The summed E-state index contributed by atoms with van der Waals surface area (Å²) in [4.78, 5) is 6.80. The summed E-state index contributed by atoms with van der Waals surface area (Å²) in [7, 11) is 1.61. The number of nitrogens with two attached hydrogens (primary N) is 1. The Balaban J connectivity index is 2.04. The van der Waals surface area contributed by atoms with E-state index in [0.717, 1.165) is 25.3 Å². The molecule has 2 heterocycles. The lowest BCUT2D eigenvalue weighted by atomic mass is 10.1. The van der Waals surface area contributed by atoms with E-state index in [1.165, 1.54) is 13.0 Å². The highest BCUT2D eigenvalue weighted by Gasteiger charge is 2.19. The van der Waals surface area contributed by atoms with Crippen LogP contribution in [-0.4, -0.2) is 42.7 Å². The first kappa shape index (κ1) is 13.0. The Labute approximate surface area is 108 Å². The molecule has 0 aliphatic carbocycles. The number of likely N-dealkylation sites (N-methyl/N-ethyl adjacent to an activating group) is 1. The summed E-state index contributed by atoms with van der Waals surface area (Å²) in [6.45, 7) is 5.53. The predicted octanol–water partition coefficient (Wildman–Crippen LogP) is 1.57. The molecular formula is C13H22N4O. The van der Waals surface area contributed by atoms with E-state index in [0.29, 0.717) is 17.6 Å². The summed E-state index contributed by atoms with van der Waals surface area (Å²) in [5, 5.41) is 3.43. The normalized spacial score (nSPS) is 20.7. The number of ether oxygens (including phenoxy) is 1. The van der Waals surface area contributed by atoms with Gasteiger partial charge in [0.2, 0.25) is 5.88 Å². The molecule has 100 valence electrons. The molecule has 0 aromatic carbocycles. The molecule has 1 atom stereocenters. The first-order valence-corrected chi connectivity index (χ1v) is 6.52. The van der Waals surface area contributed by atoms with Gasteiger partial charge in [0.25, 0.3) is 0 Å². The van der Waals surface area contributed by atoms with Crippen molar-refractivity contribution in [2.24, 2.45) is 0 Å². The Morgan fingerprint density at radius 2 is 2.39 bits per heavy atom. The SMILES string of the molecule is CCN1CCCC(Nc2nc(OC)ccc2N)C1. The van der Waals surface area contributed by atoms with Crippen molar-refractivity contribution < 1.29 is 4.74 Å². The maximum absolute atomic E-state index is 5.93. The molecule has 1 aromatic heterocycles. The lowest BCUT2D eigenvalue weighted by molar-refractivity contribution is 0.226. The van der Waals surface area contributed by atoms with E-state index >= 15 is 0 Å². The van der Waals surface area contributed by atoms with Crippen LogP contribution in [0.2, 0.25) is 0 Å². The maximum Gasteiger partial charge on any atom is 0.215 e. The molecule has 3 N–H and O–H groups in total. The van der Waals surface area contributed by atoms with Crippen LogP contribution in [0.3, 0.4) is 0 Å². The van der Waals surface area contributed by atoms with Crippen molar-refractivity contribution in [2.45, 2.75) is 25.8 Å². The van der Waals surface area contributed by atoms with Gasteiger partial charge in [-0.2, -0.15) is 4.98 Å². The Morgan fingerprint density at radius 3 is 3.11 bits per heavy atom. The van der Waals surface area contributed by atoms with Crippen molar-refractivity contribution in [3.05, 3.63) is 12.1 Å². The number of anilines is 2. The minimum absolute atomic E-state index is 0.417.